The number of hydrogen-bond acceptors (Lipinski definition) is 11. The number of amides is 3. The number of aromatic nitrogens is 1. The summed E-state index contributed by atoms with van der Waals surface area (Å²) in [6.45, 7) is 8.90. The van der Waals surface area contributed by atoms with Crippen LogP contribution in [0.15, 0.2) is 225 Å². The van der Waals surface area contributed by atoms with Crippen LogP contribution in [0.3, 0.4) is 0 Å². The van der Waals surface area contributed by atoms with E-state index in [0.717, 1.165) is 33.4 Å². The summed E-state index contributed by atoms with van der Waals surface area (Å²) in [6, 6.07) is 64.3. The zero-order chi connectivity index (χ0) is 62.0. The molecule has 0 saturated carbocycles. The minimum Gasteiger partial charge on any atom is -0.469 e. The fourth-order valence-electron chi connectivity index (χ4n) is 10.9. The van der Waals surface area contributed by atoms with E-state index in [2.05, 4.69) is 52.3 Å². The number of allylic oxidation sites excluding steroid dienone is 1. The molecule has 8 aromatic rings. The molecule has 452 valence electrons. The summed E-state index contributed by atoms with van der Waals surface area (Å²) in [5.74, 6) is -2.47. The van der Waals surface area contributed by atoms with Gasteiger partial charge in [-0.15, -0.1) is 23.5 Å². The van der Waals surface area contributed by atoms with Crippen molar-refractivity contribution < 1.29 is 43.7 Å². The highest BCUT2D eigenvalue weighted by Gasteiger charge is 2.41. The maximum absolute atomic E-state index is 15.5. The number of hydrogen-bond donors (Lipinski definition) is 5. The highest BCUT2D eigenvalue weighted by Crippen LogP contribution is 2.50. The number of para-hydroxylation sites is 1. The van der Waals surface area contributed by atoms with Gasteiger partial charge in [0.05, 0.1) is 53.2 Å². The van der Waals surface area contributed by atoms with Crippen molar-refractivity contribution >= 4 is 64.2 Å². The number of ether oxygens (including phenoxy) is 2. The van der Waals surface area contributed by atoms with Crippen LogP contribution >= 0.6 is 23.5 Å². The minimum absolute atomic E-state index is 0.0439. The van der Waals surface area contributed by atoms with Gasteiger partial charge in [-0.2, -0.15) is 0 Å². The molecule has 15 heteroatoms. The summed E-state index contributed by atoms with van der Waals surface area (Å²) in [6.07, 6.45) is 1.42. The third-order valence-electron chi connectivity index (χ3n) is 15.0. The largest absolute Gasteiger partial charge is 0.469 e. The predicted molar refractivity (Wildman–Crippen MR) is 348 cm³/mol. The molecule has 0 aliphatic rings. The SMILES string of the molecule is COC(=O)C[C@H](O)[C@H](NC(=O)[C@@H](CSC(c1ccccc1)(c1ccccc1)c1ccccc1)NC(=O)[C@@H](Cc1cn(C(=O)OC(C)(C)C)c2ccccc12)NC(=O)C[C@H](O)/C=C/CCSC(c1ccccc1)(c1ccccc1)c1ccccc1)C(C)C. The number of aliphatic hydroxyl groups is 2. The number of benzene rings is 7. The Bertz CT molecular complexity index is 3350. The van der Waals surface area contributed by atoms with Gasteiger partial charge in [-0.05, 0) is 83.9 Å². The van der Waals surface area contributed by atoms with E-state index in [1.165, 1.54) is 23.4 Å². The predicted octanol–water partition coefficient (Wildman–Crippen LogP) is 12.1. The van der Waals surface area contributed by atoms with Gasteiger partial charge < -0.3 is 35.6 Å². The Morgan fingerprint density at radius 3 is 1.45 bits per heavy atom. The Balaban J connectivity index is 1.11. The number of nitrogens with zero attached hydrogens (tertiary/aromatic N) is 1. The Labute approximate surface area is 519 Å². The molecule has 8 rings (SSSR count). The van der Waals surface area contributed by atoms with Crippen molar-refractivity contribution in [3.05, 3.63) is 264 Å². The Hall–Kier alpha value is -8.21. The Kier molecular flexibility index (Phi) is 22.7. The van der Waals surface area contributed by atoms with Crippen molar-refractivity contribution in [2.24, 2.45) is 5.92 Å². The molecule has 7 aromatic carbocycles. The topological polar surface area (TPSA) is 185 Å². The number of nitrogens with one attached hydrogen (secondary N) is 3. The lowest BCUT2D eigenvalue weighted by Gasteiger charge is -2.37. The molecule has 0 unspecified atom stereocenters. The first kappa shape index (κ1) is 64.8. The Morgan fingerprint density at radius 1 is 0.563 bits per heavy atom. The molecule has 5 N–H and O–H groups in total. The van der Waals surface area contributed by atoms with Crippen LogP contribution in [0.5, 0.6) is 0 Å². The van der Waals surface area contributed by atoms with Gasteiger partial charge in [-0.1, -0.05) is 226 Å². The third-order valence-corrected chi connectivity index (χ3v) is 18.3. The molecule has 87 heavy (non-hydrogen) atoms. The van der Waals surface area contributed by atoms with E-state index in [0.29, 0.717) is 28.6 Å². The van der Waals surface area contributed by atoms with Crippen LogP contribution in [0.25, 0.3) is 10.9 Å². The average molecular weight is 1210 g/mol. The number of rotatable bonds is 27. The van der Waals surface area contributed by atoms with Gasteiger partial charge in [-0.25, -0.2) is 4.79 Å². The van der Waals surface area contributed by atoms with E-state index in [1.807, 2.05) is 158 Å². The lowest BCUT2D eigenvalue weighted by atomic mass is 9.84. The fourth-order valence-corrected chi connectivity index (χ4v) is 13.9. The molecular formula is C72H78N4O9S2. The van der Waals surface area contributed by atoms with E-state index in [1.54, 1.807) is 76.9 Å². The summed E-state index contributed by atoms with van der Waals surface area (Å²) in [5.41, 5.74) is 6.29. The van der Waals surface area contributed by atoms with Crippen LogP contribution in [-0.2, 0) is 44.6 Å². The summed E-state index contributed by atoms with van der Waals surface area (Å²) in [4.78, 5) is 71.3. The maximum atomic E-state index is 15.5. The molecule has 13 nitrogen and oxygen atoms in total. The van der Waals surface area contributed by atoms with Crippen molar-refractivity contribution in [1.29, 1.82) is 0 Å². The molecule has 0 aliphatic carbocycles. The molecule has 0 fully saturated rings. The number of carbonyl (C=O) groups is 5. The normalized spacial score (nSPS) is 13.7. The van der Waals surface area contributed by atoms with Gasteiger partial charge in [0, 0.05) is 23.8 Å². The standard InChI is InChI=1S/C72H78N4O9S2/c1-50(2)66(63(78)47-65(80)84-6)75-68(82)61(49-87-72(55-35-19-10-20-36-55,56-37-21-11-22-38-56)57-39-23-12-24-40-57)74-67(81)60(45-51-48-76(69(83)85-70(3,4)5)62-43-26-25-42-59(51)62)73-64(79)46-58(77)41-27-28-44-86-71(52-29-13-7-14-30-52,53-31-15-8-16-32-53)54-33-17-9-18-34-54/h7-27,29-43,48,50,58,60-61,63,66,77-78H,28,44-47,49H2,1-6H3,(H,73,79)(H,74,81)(H,75,82)/b41-27+/t58-,60-,61-,63+,66-/m1/s1. The number of fused-ring (bicyclic) bond motifs is 1. The van der Waals surface area contributed by atoms with Gasteiger partial charge in [0.15, 0.2) is 0 Å². The third kappa shape index (κ3) is 16.5. The van der Waals surface area contributed by atoms with Gasteiger partial charge in [0.2, 0.25) is 17.7 Å². The second-order valence-corrected chi connectivity index (χ2v) is 25.3. The molecule has 3 amide bonds. The zero-order valence-electron chi connectivity index (χ0n) is 50.1. The lowest BCUT2D eigenvalue weighted by molar-refractivity contribution is -0.144. The molecule has 0 aliphatic heterocycles. The second-order valence-electron chi connectivity index (χ2n) is 22.7. The summed E-state index contributed by atoms with van der Waals surface area (Å²) >= 11 is 3.21. The summed E-state index contributed by atoms with van der Waals surface area (Å²) in [5, 5.41) is 32.5. The molecular weight excluding hydrogens is 1130 g/mol. The molecule has 0 saturated heterocycles. The van der Waals surface area contributed by atoms with Crippen LogP contribution in [0.1, 0.15) is 92.8 Å². The van der Waals surface area contributed by atoms with Crippen molar-refractivity contribution in [3.8, 4) is 0 Å². The molecule has 1 aromatic heterocycles. The molecule has 5 atom stereocenters. The van der Waals surface area contributed by atoms with E-state index in [4.69, 9.17) is 9.47 Å². The van der Waals surface area contributed by atoms with Crippen LogP contribution in [0.2, 0.25) is 0 Å². The van der Waals surface area contributed by atoms with Crippen LogP contribution in [0, 0.1) is 5.92 Å². The first-order valence-electron chi connectivity index (χ1n) is 29.4. The van der Waals surface area contributed by atoms with E-state index in [9.17, 15) is 24.6 Å². The first-order valence-corrected chi connectivity index (χ1v) is 31.3. The van der Waals surface area contributed by atoms with Crippen molar-refractivity contribution in [2.75, 3.05) is 18.6 Å². The van der Waals surface area contributed by atoms with Gasteiger partial charge in [0.1, 0.15) is 17.7 Å². The quantitative estimate of drug-likeness (QED) is 0.0143. The second kappa shape index (κ2) is 30.4. The fraction of sp³-hybridized carbons (Fsp3) is 0.292. The number of aliphatic hydroxyl groups excluding tert-OH is 2. The zero-order valence-corrected chi connectivity index (χ0v) is 51.7. The monoisotopic (exact) mass is 1210 g/mol. The maximum Gasteiger partial charge on any atom is 0.419 e. The highest BCUT2D eigenvalue weighted by atomic mass is 32.2. The minimum atomic E-state index is -1.38. The average Bonchev–Trinajstić information content (AvgIpc) is 1.43. The molecule has 0 bridgehead atoms. The Morgan fingerprint density at radius 2 is 1.00 bits per heavy atom. The number of methoxy groups -OCH3 is 1. The molecule has 1 heterocycles. The van der Waals surface area contributed by atoms with Gasteiger partial charge >= 0.3 is 12.1 Å². The van der Waals surface area contributed by atoms with E-state index < -0.39 is 88.1 Å². The highest BCUT2D eigenvalue weighted by molar-refractivity contribution is 8.00. The van der Waals surface area contributed by atoms with Crippen LogP contribution in [-0.4, -0.2) is 99.1 Å². The van der Waals surface area contributed by atoms with Gasteiger partial charge in [0.25, 0.3) is 0 Å². The summed E-state index contributed by atoms with van der Waals surface area (Å²) < 4.78 is 10.6. The lowest BCUT2D eigenvalue weighted by Crippen LogP contribution is -2.58. The number of thioether (sulfide) groups is 2. The van der Waals surface area contributed by atoms with E-state index in [-0.39, 0.29) is 18.1 Å². The van der Waals surface area contributed by atoms with Crippen molar-refractivity contribution in [3.63, 3.8) is 0 Å². The number of carbonyl (C=O) groups excluding carboxylic acids is 5. The van der Waals surface area contributed by atoms with Crippen molar-refractivity contribution in [1.82, 2.24) is 20.5 Å². The van der Waals surface area contributed by atoms with E-state index >= 15 is 9.59 Å². The smallest absolute Gasteiger partial charge is 0.419 e. The van der Waals surface area contributed by atoms with Gasteiger partial charge in [-0.3, -0.25) is 23.7 Å². The number of esters is 1. The molecule has 0 spiro atoms. The van der Waals surface area contributed by atoms with Crippen LogP contribution in [0.4, 0.5) is 4.79 Å². The first-order chi connectivity index (χ1) is 41.9. The molecule has 0 radical (unpaired) electrons. The summed E-state index contributed by atoms with van der Waals surface area (Å²) in [7, 11) is 1.22. The van der Waals surface area contributed by atoms with Crippen molar-refractivity contribution in [2.45, 2.75) is 106 Å². The van der Waals surface area contributed by atoms with Crippen LogP contribution < -0.4 is 16.0 Å².